The molecular formula is C31H29F3N6O3S. The largest absolute Gasteiger partial charge is 0.573 e. The molecule has 0 bridgehead atoms. The van der Waals surface area contributed by atoms with E-state index in [1.807, 2.05) is 69.3 Å². The lowest BCUT2D eigenvalue weighted by atomic mass is 10.0. The quantitative estimate of drug-likeness (QED) is 0.222. The molecule has 1 unspecified atom stereocenters. The van der Waals surface area contributed by atoms with Crippen molar-refractivity contribution in [3.63, 3.8) is 0 Å². The number of rotatable bonds is 8. The smallest absolute Gasteiger partial charge is 0.406 e. The number of amidine groups is 1. The number of hydrogen-bond donors (Lipinski definition) is 1. The van der Waals surface area contributed by atoms with Gasteiger partial charge in [0, 0.05) is 5.56 Å². The first kappa shape index (κ1) is 30.8. The monoisotopic (exact) mass is 622 g/mol. The number of carbonyl (C=O) groups excluding carboxylic acids is 2. The Morgan fingerprint density at radius 3 is 2.43 bits per heavy atom. The van der Waals surface area contributed by atoms with E-state index in [-0.39, 0.29) is 29.4 Å². The average molecular weight is 623 g/mol. The van der Waals surface area contributed by atoms with E-state index in [4.69, 9.17) is 0 Å². The molecule has 0 saturated carbocycles. The molecule has 1 aromatic heterocycles. The van der Waals surface area contributed by atoms with Crippen LogP contribution >= 0.6 is 11.8 Å². The van der Waals surface area contributed by atoms with Crippen molar-refractivity contribution in [2.45, 2.75) is 45.5 Å². The van der Waals surface area contributed by atoms with Crippen molar-refractivity contribution in [3.8, 4) is 22.8 Å². The first-order valence-corrected chi connectivity index (χ1v) is 14.8. The zero-order chi connectivity index (χ0) is 31.4. The zero-order valence-corrected chi connectivity index (χ0v) is 24.9. The number of carbonyl (C=O) groups is 2. The normalized spacial score (nSPS) is 15.2. The average Bonchev–Trinajstić information content (AvgIpc) is 3.62. The second-order valence-corrected chi connectivity index (χ2v) is 11.2. The van der Waals surface area contributed by atoms with Crippen molar-refractivity contribution in [1.82, 2.24) is 20.1 Å². The predicted molar refractivity (Wildman–Crippen MR) is 163 cm³/mol. The van der Waals surface area contributed by atoms with Crippen LogP contribution in [-0.4, -0.2) is 44.0 Å². The van der Waals surface area contributed by atoms with E-state index in [1.165, 1.54) is 51.9 Å². The summed E-state index contributed by atoms with van der Waals surface area (Å²) in [4.78, 5) is 35.9. The summed E-state index contributed by atoms with van der Waals surface area (Å²) >= 11 is 1.23. The number of aliphatic imine (C=N–C) groups is 1. The van der Waals surface area contributed by atoms with Gasteiger partial charge >= 0.3 is 12.4 Å². The highest BCUT2D eigenvalue weighted by atomic mass is 32.2. The summed E-state index contributed by atoms with van der Waals surface area (Å²) in [5.74, 6) is 0.356. The molecule has 0 spiro atoms. The highest BCUT2D eigenvalue weighted by Crippen LogP contribution is 2.33. The molecule has 0 aliphatic carbocycles. The summed E-state index contributed by atoms with van der Waals surface area (Å²) in [6, 6.07) is 19.4. The van der Waals surface area contributed by atoms with E-state index >= 15 is 0 Å². The molecule has 3 amide bonds. The summed E-state index contributed by atoms with van der Waals surface area (Å²) in [5.41, 5.74) is 3.80. The number of thioether (sulfide) groups is 1. The number of ether oxygens (including phenoxy) is 1. The number of alkyl halides is 3. The maximum Gasteiger partial charge on any atom is 0.573 e. The molecule has 1 N–H and O–H groups in total. The SMILES string of the molecule is CCC(NC(=O)N=C1SCC(=O)N1c1ccccc1C(C)C)c1ccc(-c2ncn(-c3ccc(OC(F)(F)F)cc3)n2)cc1. The molecule has 44 heavy (non-hydrogen) atoms. The van der Waals surface area contributed by atoms with Crippen molar-refractivity contribution in [2.75, 3.05) is 10.7 Å². The van der Waals surface area contributed by atoms with Crippen LogP contribution in [0.5, 0.6) is 5.75 Å². The van der Waals surface area contributed by atoms with E-state index in [9.17, 15) is 22.8 Å². The fourth-order valence-corrected chi connectivity index (χ4v) is 5.59. The molecule has 5 rings (SSSR count). The Bertz CT molecular complexity index is 1670. The molecule has 1 fully saturated rings. The minimum Gasteiger partial charge on any atom is -0.406 e. The highest BCUT2D eigenvalue weighted by molar-refractivity contribution is 8.15. The van der Waals surface area contributed by atoms with Crippen LogP contribution in [0.4, 0.5) is 23.7 Å². The van der Waals surface area contributed by atoms with Gasteiger partial charge in [-0.25, -0.2) is 14.5 Å². The standard InChI is InChI=1S/C31H29F3N6O3S/c1-4-25(36-29(42)37-30-40(27(41)17-44-30)26-8-6-5-7-24(26)19(2)3)20-9-11-21(12-10-20)28-35-18-39(38-28)22-13-15-23(16-14-22)43-31(32,33)34/h5-16,18-19,25H,4,17H2,1-3H3,(H,36,42). The van der Waals surface area contributed by atoms with Crippen molar-refractivity contribution in [3.05, 3.63) is 90.3 Å². The molecule has 13 heteroatoms. The lowest BCUT2D eigenvalue weighted by molar-refractivity contribution is -0.274. The molecule has 1 atom stereocenters. The van der Waals surface area contributed by atoms with Gasteiger partial charge in [-0.2, -0.15) is 4.99 Å². The van der Waals surface area contributed by atoms with Crippen LogP contribution in [-0.2, 0) is 4.79 Å². The fourth-order valence-electron chi connectivity index (χ4n) is 4.74. The summed E-state index contributed by atoms with van der Waals surface area (Å²) in [7, 11) is 0. The second-order valence-electron chi connectivity index (χ2n) is 10.2. The molecule has 1 aliphatic heterocycles. The van der Waals surface area contributed by atoms with Gasteiger partial charge in [0.05, 0.1) is 23.2 Å². The van der Waals surface area contributed by atoms with Crippen LogP contribution in [0.2, 0.25) is 0 Å². The van der Waals surface area contributed by atoms with Gasteiger partial charge in [-0.05, 0) is 53.8 Å². The van der Waals surface area contributed by atoms with Crippen LogP contribution in [0.15, 0.2) is 84.1 Å². The molecule has 4 aromatic rings. The Morgan fingerprint density at radius 2 is 1.77 bits per heavy atom. The predicted octanol–water partition coefficient (Wildman–Crippen LogP) is 7.25. The maximum absolute atomic E-state index is 13.0. The molecule has 9 nitrogen and oxygen atoms in total. The van der Waals surface area contributed by atoms with Gasteiger partial charge in [0.25, 0.3) is 0 Å². The van der Waals surface area contributed by atoms with Crippen molar-refractivity contribution in [2.24, 2.45) is 4.99 Å². The van der Waals surface area contributed by atoms with Gasteiger partial charge in [-0.15, -0.1) is 18.3 Å². The molecule has 1 aliphatic rings. The van der Waals surface area contributed by atoms with Gasteiger partial charge in [-0.3, -0.25) is 9.69 Å². The zero-order valence-electron chi connectivity index (χ0n) is 24.1. The number of aromatic nitrogens is 3. The van der Waals surface area contributed by atoms with Crippen LogP contribution < -0.4 is 15.0 Å². The van der Waals surface area contributed by atoms with Crippen molar-refractivity contribution >= 4 is 34.6 Å². The topological polar surface area (TPSA) is 102 Å². The Hall–Kier alpha value is -4.65. The summed E-state index contributed by atoms with van der Waals surface area (Å²) in [6.07, 6.45) is -2.70. The number of para-hydroxylation sites is 1. The van der Waals surface area contributed by atoms with Crippen LogP contribution in [0.3, 0.4) is 0 Å². The minimum atomic E-state index is -4.77. The summed E-state index contributed by atoms with van der Waals surface area (Å²) in [6.45, 7) is 6.04. The van der Waals surface area contributed by atoms with Gasteiger partial charge in [0.15, 0.2) is 11.0 Å². The van der Waals surface area contributed by atoms with Gasteiger partial charge < -0.3 is 10.1 Å². The number of nitrogens with zero attached hydrogens (tertiary/aromatic N) is 5. The molecule has 228 valence electrons. The summed E-state index contributed by atoms with van der Waals surface area (Å²) < 4.78 is 42.6. The maximum atomic E-state index is 13.0. The third-order valence-electron chi connectivity index (χ3n) is 6.87. The number of halogens is 3. The van der Waals surface area contributed by atoms with E-state index in [1.54, 1.807) is 0 Å². The Balaban J connectivity index is 1.27. The van der Waals surface area contributed by atoms with E-state index in [2.05, 4.69) is 25.1 Å². The second kappa shape index (κ2) is 12.9. The number of amides is 3. The fraction of sp³-hybridized carbons (Fsp3) is 0.258. The number of urea groups is 1. The molecule has 0 radical (unpaired) electrons. The molecule has 3 aromatic carbocycles. The number of benzene rings is 3. The van der Waals surface area contributed by atoms with Gasteiger partial charge in [-0.1, -0.05) is 75.0 Å². The highest BCUT2D eigenvalue weighted by Gasteiger charge is 2.33. The lowest BCUT2D eigenvalue weighted by Crippen LogP contribution is -2.33. The Morgan fingerprint density at radius 1 is 1.07 bits per heavy atom. The minimum absolute atomic E-state index is 0.124. The first-order chi connectivity index (χ1) is 21.0. The van der Waals surface area contributed by atoms with Gasteiger partial charge in [0.1, 0.15) is 12.1 Å². The Kier molecular flexibility index (Phi) is 9.04. The third-order valence-corrected chi connectivity index (χ3v) is 7.79. The Labute approximate surface area is 256 Å². The van der Waals surface area contributed by atoms with Crippen LogP contribution in [0, 0.1) is 0 Å². The molecule has 1 saturated heterocycles. The molecule has 2 heterocycles. The van der Waals surface area contributed by atoms with Crippen LogP contribution in [0.1, 0.15) is 50.3 Å². The molecular weight excluding hydrogens is 593 g/mol. The number of nitrogens with one attached hydrogen (secondary N) is 1. The van der Waals surface area contributed by atoms with Gasteiger partial charge in [0.2, 0.25) is 5.91 Å². The third kappa shape index (κ3) is 7.10. The number of hydrogen-bond acceptors (Lipinski definition) is 6. The van der Waals surface area contributed by atoms with Crippen molar-refractivity contribution < 1.29 is 27.5 Å². The number of anilines is 1. The van der Waals surface area contributed by atoms with Crippen LogP contribution in [0.25, 0.3) is 17.1 Å². The van der Waals surface area contributed by atoms with E-state index < -0.39 is 12.4 Å². The summed E-state index contributed by atoms with van der Waals surface area (Å²) in [5, 5.41) is 7.72. The van der Waals surface area contributed by atoms with Crippen molar-refractivity contribution in [1.29, 1.82) is 0 Å². The van der Waals surface area contributed by atoms with E-state index in [0.29, 0.717) is 28.7 Å². The van der Waals surface area contributed by atoms with E-state index in [0.717, 1.165) is 16.8 Å². The lowest BCUT2D eigenvalue weighted by Gasteiger charge is -2.22. The first-order valence-electron chi connectivity index (χ1n) is 13.8.